The van der Waals surface area contributed by atoms with E-state index in [1.807, 2.05) is 47.0 Å². The van der Waals surface area contributed by atoms with Crippen LogP contribution in [-0.2, 0) is 10.3 Å². The Kier molecular flexibility index (Phi) is 7.30. The van der Waals surface area contributed by atoms with Crippen molar-refractivity contribution in [2.75, 3.05) is 29.9 Å². The van der Waals surface area contributed by atoms with Crippen molar-refractivity contribution < 1.29 is 9.59 Å². The topological polar surface area (TPSA) is 75.4 Å². The Bertz CT molecular complexity index is 793. The van der Waals surface area contributed by atoms with Crippen molar-refractivity contribution >= 4 is 41.7 Å². The Hall–Kier alpha value is -2.02. The standard InChI is InChI=1S/C20H23N3O2S.ClH/c1-20(21,16-7-3-2-4-8-16)19(25)22-17-9-5-6-15(14-17)18(24)23-10-12-26-13-11-23;/h2-9,14H,10-13,21H2,1H3,(H,22,25);1H. The largest absolute Gasteiger partial charge is 0.337 e. The monoisotopic (exact) mass is 405 g/mol. The van der Waals surface area contributed by atoms with Crippen molar-refractivity contribution in [1.29, 1.82) is 0 Å². The smallest absolute Gasteiger partial charge is 0.253 e. The second kappa shape index (κ2) is 9.26. The molecule has 2 amide bonds. The van der Waals surface area contributed by atoms with Crippen LogP contribution in [0.25, 0.3) is 0 Å². The molecule has 0 spiro atoms. The summed E-state index contributed by atoms with van der Waals surface area (Å²) in [6, 6.07) is 16.3. The lowest BCUT2D eigenvalue weighted by atomic mass is 9.92. The van der Waals surface area contributed by atoms with Crippen molar-refractivity contribution in [3.63, 3.8) is 0 Å². The third-order valence-corrected chi connectivity index (χ3v) is 5.45. The molecule has 2 aromatic carbocycles. The maximum Gasteiger partial charge on any atom is 0.253 e. The van der Waals surface area contributed by atoms with E-state index in [1.165, 1.54) is 0 Å². The number of hydrogen-bond acceptors (Lipinski definition) is 4. The van der Waals surface area contributed by atoms with Gasteiger partial charge in [0.2, 0.25) is 5.91 Å². The quantitative estimate of drug-likeness (QED) is 0.819. The number of nitrogens with zero attached hydrogens (tertiary/aromatic N) is 1. The predicted octanol–water partition coefficient (Wildman–Crippen LogP) is 3.11. The van der Waals surface area contributed by atoms with Crippen molar-refractivity contribution in [2.45, 2.75) is 12.5 Å². The first-order chi connectivity index (χ1) is 12.5. The van der Waals surface area contributed by atoms with Gasteiger partial charge in [0.15, 0.2) is 0 Å². The van der Waals surface area contributed by atoms with Gasteiger partial charge in [-0.3, -0.25) is 9.59 Å². The number of carbonyl (C=O) groups excluding carboxylic acids is 2. The van der Waals surface area contributed by atoms with E-state index < -0.39 is 5.54 Å². The summed E-state index contributed by atoms with van der Waals surface area (Å²) in [7, 11) is 0. The van der Waals surface area contributed by atoms with Crippen molar-refractivity contribution in [3.8, 4) is 0 Å². The summed E-state index contributed by atoms with van der Waals surface area (Å²) in [4.78, 5) is 27.2. The fourth-order valence-electron chi connectivity index (χ4n) is 2.86. The molecule has 1 aliphatic rings. The van der Waals surface area contributed by atoms with Gasteiger partial charge in [0, 0.05) is 35.8 Å². The van der Waals surface area contributed by atoms with E-state index in [9.17, 15) is 9.59 Å². The molecule has 0 radical (unpaired) electrons. The summed E-state index contributed by atoms with van der Waals surface area (Å²) in [5.41, 5.74) is 6.97. The first kappa shape index (κ1) is 21.3. The van der Waals surface area contributed by atoms with Crippen LogP contribution in [0.2, 0.25) is 0 Å². The van der Waals surface area contributed by atoms with Gasteiger partial charge in [0.05, 0.1) is 0 Å². The molecule has 1 heterocycles. The van der Waals surface area contributed by atoms with Crippen LogP contribution < -0.4 is 11.1 Å². The van der Waals surface area contributed by atoms with Crippen molar-refractivity contribution in [1.82, 2.24) is 4.90 Å². The van der Waals surface area contributed by atoms with Gasteiger partial charge < -0.3 is 16.0 Å². The number of amides is 2. The lowest BCUT2D eigenvalue weighted by Gasteiger charge is -2.27. The first-order valence-electron chi connectivity index (χ1n) is 8.61. The van der Waals surface area contributed by atoms with Gasteiger partial charge in [-0.25, -0.2) is 0 Å². The minimum absolute atomic E-state index is 0. The Morgan fingerprint density at radius 1 is 1.07 bits per heavy atom. The highest BCUT2D eigenvalue weighted by Gasteiger charge is 2.30. The molecule has 1 atom stereocenters. The van der Waals surface area contributed by atoms with Gasteiger partial charge >= 0.3 is 0 Å². The van der Waals surface area contributed by atoms with Crippen LogP contribution in [0.1, 0.15) is 22.8 Å². The molecule has 0 bridgehead atoms. The molecule has 0 saturated carbocycles. The molecule has 27 heavy (non-hydrogen) atoms. The molecular formula is C20H24ClN3O2S. The zero-order valence-corrected chi connectivity index (χ0v) is 16.8. The fourth-order valence-corrected chi connectivity index (χ4v) is 3.76. The minimum Gasteiger partial charge on any atom is -0.337 e. The van der Waals surface area contributed by atoms with Crippen molar-refractivity contribution in [3.05, 3.63) is 65.7 Å². The molecule has 1 fully saturated rings. The van der Waals surface area contributed by atoms with Gasteiger partial charge in [-0.05, 0) is 30.7 Å². The van der Waals surface area contributed by atoms with E-state index in [2.05, 4.69) is 5.32 Å². The first-order valence-corrected chi connectivity index (χ1v) is 9.77. The van der Waals surface area contributed by atoms with Crippen molar-refractivity contribution in [2.24, 2.45) is 5.73 Å². The number of carbonyl (C=O) groups is 2. The average molecular weight is 406 g/mol. The number of hydrogen-bond donors (Lipinski definition) is 2. The highest BCUT2D eigenvalue weighted by Crippen LogP contribution is 2.21. The van der Waals surface area contributed by atoms with E-state index in [1.54, 1.807) is 31.2 Å². The molecule has 5 nitrogen and oxygen atoms in total. The molecule has 3 rings (SSSR count). The van der Waals surface area contributed by atoms with E-state index in [0.717, 1.165) is 30.2 Å². The summed E-state index contributed by atoms with van der Waals surface area (Å²) in [5.74, 6) is 1.61. The second-order valence-corrected chi connectivity index (χ2v) is 7.73. The van der Waals surface area contributed by atoms with Gasteiger partial charge in [0.1, 0.15) is 5.54 Å². The van der Waals surface area contributed by atoms with Gasteiger partial charge in [-0.2, -0.15) is 11.8 Å². The second-order valence-electron chi connectivity index (χ2n) is 6.51. The molecule has 1 aliphatic heterocycles. The Morgan fingerprint density at radius 2 is 1.74 bits per heavy atom. The number of halogens is 1. The zero-order chi connectivity index (χ0) is 18.6. The Morgan fingerprint density at radius 3 is 2.41 bits per heavy atom. The van der Waals surface area contributed by atoms with Crippen LogP contribution in [0, 0.1) is 0 Å². The summed E-state index contributed by atoms with van der Waals surface area (Å²) in [5, 5.41) is 2.84. The molecule has 7 heteroatoms. The number of thioether (sulfide) groups is 1. The maximum atomic E-state index is 12.7. The third-order valence-electron chi connectivity index (χ3n) is 4.51. The van der Waals surface area contributed by atoms with Crippen LogP contribution in [0.4, 0.5) is 5.69 Å². The SMILES string of the molecule is CC(N)(C(=O)Nc1cccc(C(=O)N2CCSCC2)c1)c1ccccc1.Cl. The lowest BCUT2D eigenvalue weighted by molar-refractivity contribution is -0.120. The van der Waals surface area contributed by atoms with Gasteiger partial charge in [-0.1, -0.05) is 36.4 Å². The maximum absolute atomic E-state index is 12.7. The van der Waals surface area contributed by atoms with Crippen LogP contribution >= 0.6 is 24.2 Å². The number of anilines is 1. The molecule has 1 saturated heterocycles. The van der Waals surface area contributed by atoms with Crippen LogP contribution in [0.5, 0.6) is 0 Å². The molecule has 144 valence electrons. The third kappa shape index (κ3) is 5.03. The molecule has 3 N–H and O–H groups in total. The molecular weight excluding hydrogens is 382 g/mol. The number of nitrogens with two attached hydrogens (primary N) is 1. The van der Waals surface area contributed by atoms with Crippen LogP contribution in [-0.4, -0.2) is 41.3 Å². The van der Waals surface area contributed by atoms with Gasteiger partial charge in [-0.15, -0.1) is 12.4 Å². The molecule has 0 aliphatic carbocycles. The summed E-state index contributed by atoms with van der Waals surface area (Å²) in [6.07, 6.45) is 0. The molecule has 1 unspecified atom stereocenters. The normalized spacial score (nSPS) is 16.0. The van der Waals surface area contributed by atoms with Crippen LogP contribution in [0.15, 0.2) is 54.6 Å². The molecule has 0 aromatic heterocycles. The van der Waals surface area contributed by atoms with Crippen LogP contribution in [0.3, 0.4) is 0 Å². The van der Waals surface area contributed by atoms with Gasteiger partial charge in [0.25, 0.3) is 5.91 Å². The number of nitrogens with one attached hydrogen (secondary N) is 1. The predicted molar refractivity (Wildman–Crippen MR) is 114 cm³/mol. The Balaban J connectivity index is 0.00000261. The lowest BCUT2D eigenvalue weighted by Crippen LogP contribution is -2.45. The highest BCUT2D eigenvalue weighted by atomic mass is 35.5. The zero-order valence-electron chi connectivity index (χ0n) is 15.2. The van der Waals surface area contributed by atoms with E-state index in [0.29, 0.717) is 11.3 Å². The summed E-state index contributed by atoms with van der Waals surface area (Å²) in [6.45, 7) is 3.20. The van der Waals surface area contributed by atoms with E-state index in [-0.39, 0.29) is 24.2 Å². The number of benzene rings is 2. The fraction of sp³-hybridized carbons (Fsp3) is 0.300. The molecule has 2 aromatic rings. The number of rotatable bonds is 4. The highest BCUT2D eigenvalue weighted by molar-refractivity contribution is 7.99. The Labute approximate surface area is 170 Å². The summed E-state index contributed by atoms with van der Waals surface area (Å²) < 4.78 is 0. The van der Waals surface area contributed by atoms with E-state index in [4.69, 9.17) is 5.73 Å². The minimum atomic E-state index is -1.16. The average Bonchev–Trinajstić information content (AvgIpc) is 2.69. The van der Waals surface area contributed by atoms with E-state index >= 15 is 0 Å². The summed E-state index contributed by atoms with van der Waals surface area (Å²) >= 11 is 1.86.